The van der Waals surface area contributed by atoms with Crippen LogP contribution in [0.4, 0.5) is 4.39 Å². The molecule has 2 rings (SSSR count). The number of nitrogens with one attached hydrogen (secondary N) is 1. The van der Waals surface area contributed by atoms with Crippen molar-refractivity contribution >= 4 is 37.2 Å². The first-order valence-electron chi connectivity index (χ1n) is 6.43. The first-order chi connectivity index (χ1) is 9.68. The highest BCUT2D eigenvalue weighted by molar-refractivity contribution is 8.13. The van der Waals surface area contributed by atoms with E-state index < -0.39 is 30.7 Å². The molecular formula is C13H14Cl2FNO3S. The lowest BCUT2D eigenvalue weighted by Gasteiger charge is -2.14. The monoisotopic (exact) mass is 353 g/mol. The van der Waals surface area contributed by atoms with E-state index in [1.54, 1.807) is 0 Å². The van der Waals surface area contributed by atoms with Crippen molar-refractivity contribution in [3.8, 4) is 0 Å². The summed E-state index contributed by atoms with van der Waals surface area (Å²) in [6, 6.07) is 1.57. The second kappa shape index (κ2) is 6.10. The van der Waals surface area contributed by atoms with Gasteiger partial charge in [0.15, 0.2) is 0 Å². The highest BCUT2D eigenvalue weighted by Crippen LogP contribution is 2.33. The minimum atomic E-state index is -4.14. The molecule has 21 heavy (non-hydrogen) atoms. The van der Waals surface area contributed by atoms with Crippen molar-refractivity contribution in [1.82, 2.24) is 5.32 Å². The fraction of sp³-hybridized carbons (Fsp3) is 0.462. The Morgan fingerprint density at radius 1 is 1.48 bits per heavy atom. The second-order valence-corrected chi connectivity index (χ2v) is 8.20. The van der Waals surface area contributed by atoms with E-state index in [2.05, 4.69) is 5.32 Å². The topological polar surface area (TPSA) is 63.2 Å². The van der Waals surface area contributed by atoms with Crippen LogP contribution in [0.5, 0.6) is 0 Å². The lowest BCUT2D eigenvalue weighted by molar-refractivity contribution is 0.0937. The van der Waals surface area contributed by atoms with Gasteiger partial charge >= 0.3 is 0 Å². The van der Waals surface area contributed by atoms with Crippen LogP contribution in [0, 0.1) is 11.7 Å². The van der Waals surface area contributed by atoms with Crippen molar-refractivity contribution in [2.24, 2.45) is 5.92 Å². The summed E-state index contributed by atoms with van der Waals surface area (Å²) in [5, 5.41) is 2.27. The Balaban J connectivity index is 2.24. The van der Waals surface area contributed by atoms with Crippen molar-refractivity contribution in [2.75, 3.05) is 0 Å². The molecule has 1 atom stereocenters. The molecule has 1 amide bonds. The predicted molar refractivity (Wildman–Crippen MR) is 78.7 cm³/mol. The minimum absolute atomic E-state index is 0.0969. The maximum Gasteiger partial charge on any atom is 0.261 e. The molecule has 1 unspecified atom stereocenters. The summed E-state index contributed by atoms with van der Waals surface area (Å²) in [4.78, 5) is 11.6. The first kappa shape index (κ1) is 16.5. The van der Waals surface area contributed by atoms with Crippen molar-refractivity contribution in [2.45, 2.75) is 37.1 Å². The molecule has 0 aromatic heterocycles. The van der Waals surface area contributed by atoms with Gasteiger partial charge in [-0.1, -0.05) is 24.4 Å². The number of carbonyl (C=O) groups excluding carboxylic acids is 1. The van der Waals surface area contributed by atoms with Crippen molar-refractivity contribution in [3.63, 3.8) is 0 Å². The van der Waals surface area contributed by atoms with Crippen LogP contribution < -0.4 is 5.32 Å². The van der Waals surface area contributed by atoms with E-state index in [1.807, 2.05) is 6.92 Å². The molecular weight excluding hydrogens is 340 g/mol. The quantitative estimate of drug-likeness (QED) is 0.825. The third-order valence-electron chi connectivity index (χ3n) is 3.29. The van der Waals surface area contributed by atoms with Gasteiger partial charge in [-0.05, 0) is 31.4 Å². The van der Waals surface area contributed by atoms with Gasteiger partial charge in [0.25, 0.3) is 15.0 Å². The van der Waals surface area contributed by atoms with Crippen molar-refractivity contribution in [3.05, 3.63) is 28.5 Å². The molecule has 1 aromatic carbocycles. The Kier molecular flexibility index (Phi) is 4.80. The van der Waals surface area contributed by atoms with E-state index in [0.717, 1.165) is 25.3 Å². The number of carbonyl (C=O) groups is 1. The zero-order valence-electron chi connectivity index (χ0n) is 11.2. The molecule has 1 N–H and O–H groups in total. The van der Waals surface area contributed by atoms with Crippen LogP contribution in [0.25, 0.3) is 0 Å². The number of rotatable bonds is 5. The summed E-state index contributed by atoms with van der Waals surface area (Å²) in [5.41, 5.74) is -0.237. The number of hydrogen-bond donors (Lipinski definition) is 1. The number of hydrogen-bond acceptors (Lipinski definition) is 3. The van der Waals surface area contributed by atoms with E-state index in [-0.39, 0.29) is 11.6 Å². The zero-order chi connectivity index (χ0) is 15.8. The molecule has 0 heterocycles. The van der Waals surface area contributed by atoms with E-state index in [4.69, 9.17) is 22.3 Å². The van der Waals surface area contributed by atoms with Gasteiger partial charge in [-0.25, -0.2) is 12.8 Å². The second-order valence-electron chi connectivity index (χ2n) is 5.26. The molecule has 8 heteroatoms. The van der Waals surface area contributed by atoms with Gasteiger partial charge in [-0.3, -0.25) is 4.79 Å². The van der Waals surface area contributed by atoms with Crippen LogP contribution in [-0.2, 0) is 9.05 Å². The molecule has 1 fully saturated rings. The van der Waals surface area contributed by atoms with E-state index >= 15 is 0 Å². The van der Waals surface area contributed by atoms with Gasteiger partial charge in [-0.15, -0.1) is 0 Å². The van der Waals surface area contributed by atoms with Crippen molar-refractivity contribution in [1.29, 1.82) is 0 Å². The van der Waals surface area contributed by atoms with E-state index in [1.165, 1.54) is 0 Å². The summed E-state index contributed by atoms with van der Waals surface area (Å²) in [6.07, 6.45) is 3.13. The molecule has 0 saturated heterocycles. The van der Waals surface area contributed by atoms with Gasteiger partial charge in [0.05, 0.1) is 15.5 Å². The maximum absolute atomic E-state index is 13.7. The maximum atomic E-state index is 13.7. The average Bonchev–Trinajstić information content (AvgIpc) is 3.14. The molecule has 116 valence electrons. The van der Waals surface area contributed by atoms with Gasteiger partial charge in [0.1, 0.15) is 5.82 Å². The molecule has 0 spiro atoms. The SMILES string of the molecule is CC(CC1CC1)NC(=O)c1cc(S(=O)(=O)Cl)cc(F)c1Cl. The highest BCUT2D eigenvalue weighted by Gasteiger charge is 2.26. The van der Waals surface area contributed by atoms with Gasteiger partial charge in [-0.2, -0.15) is 0 Å². The van der Waals surface area contributed by atoms with E-state index in [9.17, 15) is 17.6 Å². The largest absolute Gasteiger partial charge is 0.350 e. The van der Waals surface area contributed by atoms with Crippen molar-refractivity contribution < 1.29 is 17.6 Å². The number of benzene rings is 1. The summed E-state index contributed by atoms with van der Waals surface area (Å²) >= 11 is 5.74. The molecule has 0 bridgehead atoms. The van der Waals surface area contributed by atoms with Crippen LogP contribution in [0.3, 0.4) is 0 Å². The predicted octanol–water partition coefficient (Wildman–Crippen LogP) is 3.33. The lowest BCUT2D eigenvalue weighted by Crippen LogP contribution is -2.33. The van der Waals surface area contributed by atoms with Crippen LogP contribution in [0.1, 0.15) is 36.5 Å². The fourth-order valence-electron chi connectivity index (χ4n) is 2.08. The smallest absolute Gasteiger partial charge is 0.261 e. The summed E-state index contributed by atoms with van der Waals surface area (Å²) in [6.45, 7) is 1.84. The van der Waals surface area contributed by atoms with E-state index in [0.29, 0.717) is 12.0 Å². The lowest BCUT2D eigenvalue weighted by atomic mass is 10.1. The van der Waals surface area contributed by atoms with Gasteiger partial charge < -0.3 is 5.32 Å². The normalized spacial score (nSPS) is 16.6. The summed E-state index contributed by atoms with van der Waals surface area (Å²) in [7, 11) is 1.03. The number of amides is 1. The Morgan fingerprint density at radius 3 is 2.62 bits per heavy atom. The average molecular weight is 354 g/mol. The molecule has 1 aromatic rings. The van der Waals surface area contributed by atoms with Crippen LogP contribution in [-0.4, -0.2) is 20.4 Å². The fourth-order valence-corrected chi connectivity index (χ4v) is 3.05. The molecule has 1 aliphatic rings. The van der Waals surface area contributed by atoms with Crippen LogP contribution in [0.2, 0.25) is 5.02 Å². The Labute approximate surface area is 132 Å². The third-order valence-corrected chi connectivity index (χ3v) is 5.01. The molecule has 0 radical (unpaired) electrons. The zero-order valence-corrected chi connectivity index (χ0v) is 13.5. The third kappa shape index (κ3) is 4.31. The Hall–Kier alpha value is -0.850. The summed E-state index contributed by atoms with van der Waals surface area (Å²) in [5.74, 6) is -1.00. The number of halogens is 3. The molecule has 1 aliphatic carbocycles. The van der Waals surface area contributed by atoms with Crippen LogP contribution in [0.15, 0.2) is 17.0 Å². The summed E-state index contributed by atoms with van der Waals surface area (Å²) < 4.78 is 36.2. The minimum Gasteiger partial charge on any atom is -0.350 e. The molecule has 4 nitrogen and oxygen atoms in total. The van der Waals surface area contributed by atoms with Gasteiger partial charge in [0, 0.05) is 16.7 Å². The highest BCUT2D eigenvalue weighted by atomic mass is 35.7. The first-order valence-corrected chi connectivity index (χ1v) is 9.11. The molecule has 1 saturated carbocycles. The van der Waals surface area contributed by atoms with Gasteiger partial charge in [0.2, 0.25) is 0 Å². The van der Waals surface area contributed by atoms with Crippen LogP contribution >= 0.6 is 22.3 Å². The Morgan fingerprint density at radius 2 is 2.10 bits per heavy atom. The standard InChI is InChI=1S/C13H14Cl2FNO3S/c1-7(4-8-2-3-8)17-13(18)10-5-9(21(15,19)20)6-11(16)12(10)14/h5-8H,2-4H2,1H3,(H,17,18). The molecule has 0 aliphatic heterocycles. The Bertz CT molecular complexity index is 674.